The maximum Gasteiger partial charge on any atom is 0.162 e. The lowest BCUT2D eigenvalue weighted by Crippen LogP contribution is -2.00. The summed E-state index contributed by atoms with van der Waals surface area (Å²) in [5.41, 5.74) is 1.36. The Hall–Kier alpha value is -1.18. The van der Waals surface area contributed by atoms with Crippen LogP contribution < -0.4 is 0 Å². The van der Waals surface area contributed by atoms with Crippen molar-refractivity contribution in [3.8, 4) is 0 Å². The fraction of sp³-hybridized carbons (Fsp3) is 0.417. The number of carbonyl (C=O) groups is 1. The zero-order valence-electron chi connectivity index (χ0n) is 8.80. The van der Waals surface area contributed by atoms with E-state index in [0.717, 1.165) is 5.56 Å². The predicted octanol–water partition coefficient (Wildman–Crippen LogP) is 3.54. The second-order valence-corrected chi connectivity index (χ2v) is 3.70. The minimum atomic E-state index is -0.326. The van der Waals surface area contributed by atoms with Crippen LogP contribution in [0.4, 0.5) is 4.39 Å². The van der Waals surface area contributed by atoms with E-state index >= 15 is 0 Å². The van der Waals surface area contributed by atoms with Gasteiger partial charge in [0.15, 0.2) is 5.78 Å². The van der Waals surface area contributed by atoms with E-state index in [4.69, 9.17) is 0 Å². The lowest BCUT2D eigenvalue weighted by atomic mass is 9.98. The Kier molecular flexibility index (Phi) is 3.39. The van der Waals surface area contributed by atoms with Crippen LogP contribution in [0.15, 0.2) is 18.2 Å². The van der Waals surface area contributed by atoms with Gasteiger partial charge in [0.05, 0.1) is 0 Å². The minimum Gasteiger partial charge on any atom is -0.294 e. The Bertz CT molecular complexity index is 342. The maximum absolute atomic E-state index is 13.1. The van der Waals surface area contributed by atoms with Gasteiger partial charge < -0.3 is 0 Å². The first-order valence-electron chi connectivity index (χ1n) is 4.88. The van der Waals surface area contributed by atoms with Crippen LogP contribution in [-0.2, 0) is 0 Å². The third-order valence-corrected chi connectivity index (χ3v) is 2.23. The largest absolute Gasteiger partial charge is 0.294 e. The number of benzene rings is 1. The van der Waals surface area contributed by atoms with Crippen molar-refractivity contribution in [2.45, 2.75) is 33.1 Å². The van der Waals surface area contributed by atoms with Crippen molar-refractivity contribution in [3.05, 3.63) is 35.1 Å². The molecule has 2 heteroatoms. The summed E-state index contributed by atoms with van der Waals surface area (Å²) < 4.78 is 13.1. The number of carbonyl (C=O) groups excluding carboxylic acids is 1. The van der Waals surface area contributed by atoms with Crippen molar-refractivity contribution >= 4 is 5.78 Å². The summed E-state index contributed by atoms with van der Waals surface area (Å²) in [4.78, 5) is 11.4. The Morgan fingerprint density at radius 1 is 1.36 bits per heavy atom. The molecule has 1 rings (SSSR count). The van der Waals surface area contributed by atoms with Crippen LogP contribution in [0.3, 0.4) is 0 Å². The van der Waals surface area contributed by atoms with E-state index in [1.807, 2.05) is 13.8 Å². The highest BCUT2D eigenvalue weighted by molar-refractivity contribution is 5.96. The van der Waals surface area contributed by atoms with E-state index in [2.05, 4.69) is 0 Å². The first-order chi connectivity index (χ1) is 6.54. The number of ketones is 1. The average Bonchev–Trinajstić information content (AvgIpc) is 2.15. The van der Waals surface area contributed by atoms with Crippen LogP contribution in [0, 0.1) is 5.82 Å². The molecule has 0 aliphatic carbocycles. The van der Waals surface area contributed by atoms with Crippen LogP contribution in [0.5, 0.6) is 0 Å². The third kappa shape index (κ3) is 2.41. The van der Waals surface area contributed by atoms with Crippen LogP contribution in [-0.4, -0.2) is 5.78 Å². The van der Waals surface area contributed by atoms with E-state index in [0.29, 0.717) is 12.0 Å². The molecular weight excluding hydrogens is 179 g/mol. The molecule has 1 nitrogen and oxygen atoms in total. The first kappa shape index (κ1) is 10.9. The molecule has 1 aromatic rings. The fourth-order valence-corrected chi connectivity index (χ4v) is 1.31. The Balaban J connectivity index is 3.13. The Morgan fingerprint density at radius 2 is 2.00 bits per heavy atom. The average molecular weight is 194 g/mol. The van der Waals surface area contributed by atoms with Gasteiger partial charge in [0.25, 0.3) is 0 Å². The SMILES string of the molecule is CCC(=O)c1cc(F)cc(C(C)C)c1. The highest BCUT2D eigenvalue weighted by atomic mass is 19.1. The third-order valence-electron chi connectivity index (χ3n) is 2.23. The van der Waals surface area contributed by atoms with Gasteiger partial charge in [-0.15, -0.1) is 0 Å². The molecule has 0 atom stereocenters. The zero-order chi connectivity index (χ0) is 10.7. The second kappa shape index (κ2) is 4.36. The quantitative estimate of drug-likeness (QED) is 0.672. The molecular formula is C12H15FO. The van der Waals surface area contributed by atoms with Gasteiger partial charge in [-0.25, -0.2) is 4.39 Å². The molecule has 0 aromatic heterocycles. The van der Waals surface area contributed by atoms with Crippen LogP contribution >= 0.6 is 0 Å². The minimum absolute atomic E-state index is 0.00796. The Labute approximate surface area is 83.9 Å². The summed E-state index contributed by atoms with van der Waals surface area (Å²) >= 11 is 0. The van der Waals surface area contributed by atoms with E-state index in [1.54, 1.807) is 13.0 Å². The van der Waals surface area contributed by atoms with E-state index in [-0.39, 0.29) is 17.5 Å². The van der Waals surface area contributed by atoms with Crippen molar-refractivity contribution in [2.75, 3.05) is 0 Å². The van der Waals surface area contributed by atoms with Gasteiger partial charge in [0.2, 0.25) is 0 Å². The molecule has 0 radical (unpaired) electrons. The molecule has 0 spiro atoms. The highest BCUT2D eigenvalue weighted by Gasteiger charge is 2.08. The molecule has 0 aliphatic heterocycles. The van der Waals surface area contributed by atoms with Crippen molar-refractivity contribution in [1.82, 2.24) is 0 Å². The van der Waals surface area contributed by atoms with Crippen molar-refractivity contribution in [1.29, 1.82) is 0 Å². The number of rotatable bonds is 3. The number of Topliss-reactive ketones (excluding diaryl/α,β-unsaturated/α-hetero) is 1. The molecule has 0 heterocycles. The number of hydrogen-bond acceptors (Lipinski definition) is 1. The van der Waals surface area contributed by atoms with Gasteiger partial charge >= 0.3 is 0 Å². The zero-order valence-corrected chi connectivity index (χ0v) is 8.80. The molecule has 0 unspecified atom stereocenters. The molecule has 0 N–H and O–H groups in total. The summed E-state index contributed by atoms with van der Waals surface area (Å²) in [7, 11) is 0. The summed E-state index contributed by atoms with van der Waals surface area (Å²) in [5, 5.41) is 0. The summed E-state index contributed by atoms with van der Waals surface area (Å²) in [5.74, 6) is -0.0893. The van der Waals surface area contributed by atoms with Crippen LogP contribution in [0.2, 0.25) is 0 Å². The molecule has 0 aliphatic rings. The number of halogens is 1. The lowest BCUT2D eigenvalue weighted by Gasteiger charge is -2.07. The standard InChI is InChI=1S/C12H15FO/c1-4-12(14)10-5-9(8(2)3)6-11(13)7-10/h5-8H,4H2,1-3H3. The monoisotopic (exact) mass is 194 g/mol. The summed E-state index contributed by atoms with van der Waals surface area (Å²) in [6.07, 6.45) is 0.418. The van der Waals surface area contributed by atoms with Crippen LogP contribution in [0.25, 0.3) is 0 Å². The van der Waals surface area contributed by atoms with E-state index < -0.39 is 0 Å². The maximum atomic E-state index is 13.1. The van der Waals surface area contributed by atoms with Crippen molar-refractivity contribution in [2.24, 2.45) is 0 Å². The molecule has 0 saturated heterocycles. The fourth-order valence-electron chi connectivity index (χ4n) is 1.31. The topological polar surface area (TPSA) is 17.1 Å². The molecule has 0 saturated carbocycles. The van der Waals surface area contributed by atoms with Gasteiger partial charge in [-0.05, 0) is 29.7 Å². The highest BCUT2D eigenvalue weighted by Crippen LogP contribution is 2.18. The smallest absolute Gasteiger partial charge is 0.162 e. The van der Waals surface area contributed by atoms with Crippen LogP contribution in [0.1, 0.15) is 49.0 Å². The molecule has 76 valence electrons. The van der Waals surface area contributed by atoms with E-state index in [1.165, 1.54) is 12.1 Å². The summed E-state index contributed by atoms with van der Waals surface area (Å²) in [6, 6.07) is 4.56. The first-order valence-corrected chi connectivity index (χ1v) is 4.88. The molecule has 0 amide bonds. The lowest BCUT2D eigenvalue weighted by molar-refractivity contribution is 0.0987. The van der Waals surface area contributed by atoms with Gasteiger partial charge in [0, 0.05) is 12.0 Å². The normalized spacial score (nSPS) is 10.6. The molecule has 0 bridgehead atoms. The molecule has 1 aromatic carbocycles. The van der Waals surface area contributed by atoms with Crippen molar-refractivity contribution < 1.29 is 9.18 Å². The van der Waals surface area contributed by atoms with Gasteiger partial charge in [-0.1, -0.05) is 20.8 Å². The van der Waals surface area contributed by atoms with Gasteiger partial charge in [-0.3, -0.25) is 4.79 Å². The van der Waals surface area contributed by atoms with E-state index in [9.17, 15) is 9.18 Å². The van der Waals surface area contributed by atoms with Gasteiger partial charge in [-0.2, -0.15) is 0 Å². The Morgan fingerprint density at radius 3 is 2.50 bits per heavy atom. The predicted molar refractivity (Wildman–Crippen MR) is 55.1 cm³/mol. The molecule has 0 fully saturated rings. The molecule has 14 heavy (non-hydrogen) atoms. The van der Waals surface area contributed by atoms with Gasteiger partial charge in [0.1, 0.15) is 5.82 Å². The van der Waals surface area contributed by atoms with Crippen molar-refractivity contribution in [3.63, 3.8) is 0 Å². The second-order valence-electron chi connectivity index (χ2n) is 3.70. The number of hydrogen-bond donors (Lipinski definition) is 0. The summed E-state index contributed by atoms with van der Waals surface area (Å²) in [6.45, 7) is 5.74.